The van der Waals surface area contributed by atoms with Crippen LogP contribution in [0.2, 0.25) is 0 Å². The van der Waals surface area contributed by atoms with Crippen LogP contribution in [0, 0.1) is 0 Å². The lowest BCUT2D eigenvalue weighted by Crippen LogP contribution is -2.22. The van der Waals surface area contributed by atoms with E-state index >= 15 is 0 Å². The molecule has 1 atom stereocenters. The van der Waals surface area contributed by atoms with Crippen LogP contribution in [0.1, 0.15) is 12.5 Å². The fourth-order valence-corrected chi connectivity index (χ4v) is 2.48. The van der Waals surface area contributed by atoms with Crippen LogP contribution in [0.3, 0.4) is 0 Å². The number of fused-ring (bicyclic) bond motifs is 1. The first-order valence-electron chi connectivity index (χ1n) is 6.05. The number of rotatable bonds is 1. The van der Waals surface area contributed by atoms with Crippen molar-refractivity contribution in [2.24, 2.45) is 0 Å². The summed E-state index contributed by atoms with van der Waals surface area (Å²) in [5, 5.41) is 4.63. The molecule has 0 aromatic heterocycles. The zero-order valence-electron chi connectivity index (χ0n) is 10.6. The molecule has 2 heterocycles. The maximum Gasteiger partial charge on any atom is 0.326 e. The summed E-state index contributed by atoms with van der Waals surface area (Å²) in [5.41, 5.74) is 1.98. The molecule has 2 aliphatic heterocycles. The Morgan fingerprint density at radius 2 is 2.10 bits per heavy atom. The van der Waals surface area contributed by atoms with Crippen molar-refractivity contribution in [2.45, 2.75) is 13.0 Å². The van der Waals surface area contributed by atoms with Gasteiger partial charge < -0.3 is 10.1 Å². The van der Waals surface area contributed by atoms with Crippen molar-refractivity contribution < 1.29 is 14.3 Å². The highest BCUT2D eigenvalue weighted by molar-refractivity contribution is 9.10. The second-order valence-electron chi connectivity index (χ2n) is 4.55. The van der Waals surface area contributed by atoms with Gasteiger partial charge in [-0.3, -0.25) is 10.1 Å². The first kappa shape index (κ1) is 12.9. The maximum atomic E-state index is 11.5. The van der Waals surface area contributed by atoms with Gasteiger partial charge in [0.25, 0.3) is 5.91 Å². The Kier molecular flexibility index (Phi) is 3.10. The minimum Gasteiger partial charge on any atom is -0.485 e. The third kappa shape index (κ3) is 2.34. The van der Waals surface area contributed by atoms with Crippen molar-refractivity contribution in [1.29, 1.82) is 0 Å². The highest BCUT2D eigenvalue weighted by atomic mass is 79.9. The summed E-state index contributed by atoms with van der Waals surface area (Å²) in [6, 6.07) is 5.23. The number of ether oxygens (including phenoxy) is 1. The summed E-state index contributed by atoms with van der Waals surface area (Å²) in [7, 11) is 0. The maximum absolute atomic E-state index is 11.5. The molecule has 3 rings (SSSR count). The molecule has 0 radical (unpaired) electrons. The minimum absolute atomic E-state index is 0.193. The van der Waals surface area contributed by atoms with E-state index in [1.165, 1.54) is 0 Å². The molecule has 0 saturated carbocycles. The largest absolute Gasteiger partial charge is 0.485 e. The van der Waals surface area contributed by atoms with Gasteiger partial charge in [0.05, 0.1) is 0 Å². The van der Waals surface area contributed by atoms with Crippen LogP contribution in [0.4, 0.5) is 4.79 Å². The summed E-state index contributed by atoms with van der Waals surface area (Å²) in [6.45, 7) is 1.89. The average molecular weight is 335 g/mol. The molecule has 6 heteroatoms. The second kappa shape index (κ2) is 4.79. The first-order chi connectivity index (χ1) is 9.52. The summed E-state index contributed by atoms with van der Waals surface area (Å²) in [4.78, 5) is 22.6. The first-order valence-corrected chi connectivity index (χ1v) is 6.84. The number of hydrogen-bond donors (Lipinski definition) is 2. The van der Waals surface area contributed by atoms with E-state index in [-0.39, 0.29) is 11.8 Å². The molecule has 2 aliphatic rings. The molecule has 1 fully saturated rings. The number of nitrogens with one attached hydrogen (secondary N) is 2. The molecular weight excluding hydrogens is 324 g/mol. The normalized spacial score (nSPS) is 22.8. The number of imide groups is 1. The van der Waals surface area contributed by atoms with E-state index < -0.39 is 11.9 Å². The van der Waals surface area contributed by atoms with E-state index in [2.05, 4.69) is 26.6 Å². The van der Waals surface area contributed by atoms with E-state index in [9.17, 15) is 9.59 Å². The molecule has 1 aromatic carbocycles. The SMILES string of the molecule is CC1Oc2ccc(Br)cc2C=C1/C=C1\NC(=O)NC1=O. The van der Waals surface area contributed by atoms with Crippen LogP contribution in [-0.4, -0.2) is 18.0 Å². The third-order valence-electron chi connectivity index (χ3n) is 3.10. The number of hydrogen-bond acceptors (Lipinski definition) is 3. The van der Waals surface area contributed by atoms with Gasteiger partial charge in [-0.25, -0.2) is 4.79 Å². The predicted octanol–water partition coefficient (Wildman–Crippen LogP) is 2.34. The Bertz CT molecular complexity index is 679. The minimum atomic E-state index is -0.505. The smallest absolute Gasteiger partial charge is 0.326 e. The summed E-state index contributed by atoms with van der Waals surface area (Å²) < 4.78 is 6.74. The van der Waals surface area contributed by atoms with Gasteiger partial charge in [0.2, 0.25) is 0 Å². The standard InChI is InChI=1S/C14H11BrN2O3/c1-7-8(6-11-13(18)17-14(19)16-11)4-9-5-10(15)2-3-12(9)20-7/h2-7H,1H3,(H2,16,17,18,19)/b11-6-. The van der Waals surface area contributed by atoms with Crippen molar-refractivity contribution in [2.75, 3.05) is 0 Å². The van der Waals surface area contributed by atoms with E-state index in [4.69, 9.17) is 4.74 Å². The number of benzene rings is 1. The Balaban J connectivity index is 1.99. The summed E-state index contributed by atoms with van der Waals surface area (Å²) >= 11 is 3.41. The van der Waals surface area contributed by atoms with Gasteiger partial charge in [-0.15, -0.1) is 0 Å². The van der Waals surface area contributed by atoms with Crippen LogP contribution in [0.15, 0.2) is 40.0 Å². The van der Waals surface area contributed by atoms with Crippen molar-refractivity contribution in [3.05, 3.63) is 45.6 Å². The molecule has 0 bridgehead atoms. The molecule has 1 unspecified atom stereocenters. The lowest BCUT2D eigenvalue weighted by atomic mass is 10.0. The monoisotopic (exact) mass is 334 g/mol. The van der Waals surface area contributed by atoms with E-state index in [1.54, 1.807) is 6.08 Å². The van der Waals surface area contributed by atoms with Gasteiger partial charge in [-0.2, -0.15) is 0 Å². The Labute approximate surface area is 123 Å². The molecule has 3 amide bonds. The predicted molar refractivity (Wildman–Crippen MR) is 77.0 cm³/mol. The highest BCUT2D eigenvalue weighted by Crippen LogP contribution is 2.32. The van der Waals surface area contributed by atoms with Crippen molar-refractivity contribution >= 4 is 33.9 Å². The second-order valence-corrected chi connectivity index (χ2v) is 5.47. The highest BCUT2D eigenvalue weighted by Gasteiger charge is 2.25. The molecule has 0 spiro atoms. The molecule has 102 valence electrons. The zero-order chi connectivity index (χ0) is 14.3. The molecule has 20 heavy (non-hydrogen) atoms. The third-order valence-corrected chi connectivity index (χ3v) is 3.59. The lowest BCUT2D eigenvalue weighted by molar-refractivity contribution is -0.115. The van der Waals surface area contributed by atoms with Gasteiger partial charge in [0, 0.05) is 10.0 Å². The number of halogens is 1. The van der Waals surface area contributed by atoms with Crippen molar-refractivity contribution in [3.63, 3.8) is 0 Å². The number of carbonyl (C=O) groups excluding carboxylic acids is 2. The number of carbonyl (C=O) groups is 2. The molecule has 1 aromatic rings. The quantitative estimate of drug-likeness (QED) is 0.611. The van der Waals surface area contributed by atoms with Crippen LogP contribution in [0.25, 0.3) is 6.08 Å². The van der Waals surface area contributed by atoms with Crippen LogP contribution >= 0.6 is 15.9 Å². The molecule has 2 N–H and O–H groups in total. The average Bonchev–Trinajstić information content (AvgIpc) is 2.69. The lowest BCUT2D eigenvalue weighted by Gasteiger charge is -2.23. The fraction of sp³-hybridized carbons (Fsp3) is 0.143. The zero-order valence-corrected chi connectivity index (χ0v) is 12.2. The van der Waals surface area contributed by atoms with Gasteiger partial charge >= 0.3 is 6.03 Å². The van der Waals surface area contributed by atoms with Crippen molar-refractivity contribution in [3.8, 4) is 5.75 Å². The van der Waals surface area contributed by atoms with E-state index in [1.807, 2.05) is 31.2 Å². The van der Waals surface area contributed by atoms with E-state index in [0.29, 0.717) is 0 Å². The van der Waals surface area contributed by atoms with Crippen molar-refractivity contribution in [1.82, 2.24) is 10.6 Å². The number of amides is 3. The Morgan fingerprint density at radius 1 is 1.30 bits per heavy atom. The van der Waals surface area contributed by atoms with Gasteiger partial charge in [-0.05, 0) is 42.8 Å². The molecule has 5 nitrogen and oxygen atoms in total. The summed E-state index contributed by atoms with van der Waals surface area (Å²) in [5.74, 6) is 0.367. The van der Waals surface area contributed by atoms with Crippen LogP contribution in [0.5, 0.6) is 5.75 Å². The van der Waals surface area contributed by atoms with Gasteiger partial charge in [0.15, 0.2) is 0 Å². The molecular formula is C14H11BrN2O3. The molecule has 0 aliphatic carbocycles. The fourth-order valence-electron chi connectivity index (χ4n) is 2.10. The summed E-state index contributed by atoms with van der Waals surface area (Å²) in [6.07, 6.45) is 3.38. The van der Waals surface area contributed by atoms with Gasteiger partial charge in [-0.1, -0.05) is 15.9 Å². The van der Waals surface area contributed by atoms with Gasteiger partial charge in [0.1, 0.15) is 17.6 Å². The molecule has 1 saturated heterocycles. The topological polar surface area (TPSA) is 67.4 Å². The Morgan fingerprint density at radius 3 is 2.80 bits per heavy atom. The van der Waals surface area contributed by atoms with Crippen LogP contribution in [-0.2, 0) is 4.79 Å². The number of urea groups is 1. The van der Waals surface area contributed by atoms with E-state index in [0.717, 1.165) is 21.4 Å². The van der Waals surface area contributed by atoms with Crippen LogP contribution < -0.4 is 15.4 Å². The Hall–Kier alpha value is -2.08.